The topological polar surface area (TPSA) is 92.1 Å². The number of piperazine rings is 1. The summed E-state index contributed by atoms with van der Waals surface area (Å²) in [5, 5.41) is 7.22. The fraction of sp³-hybridized carbons (Fsp3) is 0.611. The number of rotatable bonds is 5. The monoisotopic (exact) mass is 370 g/mol. The van der Waals surface area contributed by atoms with Crippen LogP contribution in [0.1, 0.15) is 19.3 Å². The minimum Gasteiger partial charge on any atom is -0.369 e. The zero-order valence-electron chi connectivity index (χ0n) is 15.7. The van der Waals surface area contributed by atoms with Crippen molar-refractivity contribution in [2.24, 2.45) is 13.0 Å². The second-order valence-corrected chi connectivity index (χ2v) is 7.35. The standard InChI is InChI=1S/C18H26N8O/c1-24-18(27)23-16(11-22-24)19-8-5-14-3-4-15-13-26(10-9-25(15)12-14)17-20-6-2-7-21-17/h2,6-7,11,14-15H,3-5,8-10,12-13H2,1H3,(H,19,23,27). The number of nitrogens with zero attached hydrogens (tertiary/aromatic N) is 7. The first kappa shape index (κ1) is 17.8. The fourth-order valence-corrected chi connectivity index (χ4v) is 4.01. The van der Waals surface area contributed by atoms with E-state index in [-0.39, 0.29) is 5.69 Å². The van der Waals surface area contributed by atoms with E-state index in [0.717, 1.165) is 45.1 Å². The Morgan fingerprint density at radius 3 is 2.85 bits per heavy atom. The van der Waals surface area contributed by atoms with Crippen molar-refractivity contribution in [2.45, 2.75) is 25.3 Å². The van der Waals surface area contributed by atoms with E-state index < -0.39 is 0 Å². The third-order valence-electron chi connectivity index (χ3n) is 5.55. The summed E-state index contributed by atoms with van der Waals surface area (Å²) in [5.41, 5.74) is -0.333. The molecule has 9 nitrogen and oxygen atoms in total. The van der Waals surface area contributed by atoms with Crippen molar-refractivity contribution < 1.29 is 0 Å². The van der Waals surface area contributed by atoms with E-state index in [1.165, 1.54) is 17.5 Å². The molecule has 0 radical (unpaired) electrons. The number of hydrogen-bond acceptors (Lipinski definition) is 8. The highest BCUT2D eigenvalue weighted by atomic mass is 16.1. The summed E-state index contributed by atoms with van der Waals surface area (Å²) in [6.07, 6.45) is 8.74. The molecule has 144 valence electrons. The zero-order valence-corrected chi connectivity index (χ0v) is 15.7. The number of aromatic nitrogens is 5. The smallest absolute Gasteiger partial charge is 0.365 e. The highest BCUT2D eigenvalue weighted by molar-refractivity contribution is 5.30. The second kappa shape index (κ2) is 7.99. The predicted octanol–water partition coefficient (Wildman–Crippen LogP) is 0.368. The lowest BCUT2D eigenvalue weighted by molar-refractivity contribution is 0.0931. The normalized spacial score (nSPS) is 23.1. The molecule has 27 heavy (non-hydrogen) atoms. The predicted molar refractivity (Wildman–Crippen MR) is 103 cm³/mol. The van der Waals surface area contributed by atoms with Crippen LogP contribution in [-0.4, -0.2) is 68.4 Å². The van der Waals surface area contributed by atoms with Gasteiger partial charge in [-0.05, 0) is 31.2 Å². The van der Waals surface area contributed by atoms with Gasteiger partial charge in [0.1, 0.15) is 0 Å². The number of aryl methyl sites for hydroxylation is 1. The molecule has 0 aromatic carbocycles. The van der Waals surface area contributed by atoms with Crippen LogP contribution in [-0.2, 0) is 7.05 Å². The summed E-state index contributed by atoms with van der Waals surface area (Å²) < 4.78 is 1.23. The van der Waals surface area contributed by atoms with E-state index in [2.05, 4.69) is 35.2 Å². The van der Waals surface area contributed by atoms with Gasteiger partial charge in [-0.1, -0.05) is 0 Å². The highest BCUT2D eigenvalue weighted by Gasteiger charge is 2.33. The van der Waals surface area contributed by atoms with Crippen molar-refractivity contribution in [2.75, 3.05) is 42.9 Å². The third-order valence-corrected chi connectivity index (χ3v) is 5.55. The van der Waals surface area contributed by atoms with Crippen LogP contribution in [0.4, 0.5) is 11.8 Å². The van der Waals surface area contributed by atoms with Crippen LogP contribution in [0, 0.1) is 5.92 Å². The molecule has 0 spiro atoms. The van der Waals surface area contributed by atoms with Gasteiger partial charge in [0.05, 0.1) is 6.20 Å². The lowest BCUT2D eigenvalue weighted by Gasteiger charge is -2.46. The van der Waals surface area contributed by atoms with Crippen molar-refractivity contribution >= 4 is 11.8 Å². The number of piperidine rings is 1. The lowest BCUT2D eigenvalue weighted by atomic mass is 9.89. The van der Waals surface area contributed by atoms with Gasteiger partial charge in [0, 0.05) is 58.2 Å². The molecular weight excluding hydrogens is 344 g/mol. The van der Waals surface area contributed by atoms with Crippen molar-refractivity contribution in [3.63, 3.8) is 0 Å². The molecule has 0 bridgehead atoms. The Hall–Kier alpha value is -2.55. The fourth-order valence-electron chi connectivity index (χ4n) is 4.01. The first-order valence-electron chi connectivity index (χ1n) is 9.59. The largest absolute Gasteiger partial charge is 0.369 e. The SMILES string of the molecule is Cn1ncc(NCCC2CCC3CN(c4ncccn4)CCN3C2)nc1=O. The minimum absolute atomic E-state index is 0.333. The van der Waals surface area contributed by atoms with Crippen LogP contribution in [0.25, 0.3) is 0 Å². The van der Waals surface area contributed by atoms with Crippen LogP contribution in [0.15, 0.2) is 29.5 Å². The van der Waals surface area contributed by atoms with Gasteiger partial charge in [-0.3, -0.25) is 4.90 Å². The molecule has 2 aromatic rings. The molecule has 0 saturated carbocycles. The van der Waals surface area contributed by atoms with Gasteiger partial charge in [-0.15, -0.1) is 0 Å². The molecular formula is C18H26N8O. The Labute approximate surface area is 158 Å². The summed E-state index contributed by atoms with van der Waals surface area (Å²) >= 11 is 0. The number of fused-ring (bicyclic) bond motifs is 1. The average molecular weight is 370 g/mol. The Morgan fingerprint density at radius 2 is 2.04 bits per heavy atom. The second-order valence-electron chi connectivity index (χ2n) is 7.35. The van der Waals surface area contributed by atoms with Crippen LogP contribution >= 0.6 is 0 Å². The number of anilines is 2. The number of hydrogen-bond donors (Lipinski definition) is 1. The maximum absolute atomic E-state index is 11.5. The van der Waals surface area contributed by atoms with Gasteiger partial charge in [0.2, 0.25) is 5.95 Å². The van der Waals surface area contributed by atoms with Gasteiger partial charge >= 0.3 is 5.69 Å². The van der Waals surface area contributed by atoms with Gasteiger partial charge in [-0.2, -0.15) is 10.1 Å². The molecule has 2 aliphatic rings. The van der Waals surface area contributed by atoms with Crippen molar-refractivity contribution in [1.29, 1.82) is 0 Å². The lowest BCUT2D eigenvalue weighted by Crippen LogP contribution is -2.57. The Bertz CT molecular complexity index is 811. The van der Waals surface area contributed by atoms with Crippen molar-refractivity contribution in [3.05, 3.63) is 35.1 Å². The third kappa shape index (κ3) is 4.24. The molecule has 9 heteroatoms. The van der Waals surface area contributed by atoms with E-state index in [0.29, 0.717) is 17.8 Å². The van der Waals surface area contributed by atoms with E-state index in [1.54, 1.807) is 13.2 Å². The van der Waals surface area contributed by atoms with Gasteiger partial charge in [0.25, 0.3) is 0 Å². The minimum atomic E-state index is -0.333. The van der Waals surface area contributed by atoms with Crippen LogP contribution in [0.3, 0.4) is 0 Å². The number of nitrogens with one attached hydrogen (secondary N) is 1. The van der Waals surface area contributed by atoms with E-state index in [9.17, 15) is 4.79 Å². The first-order chi connectivity index (χ1) is 13.2. The van der Waals surface area contributed by atoms with Crippen molar-refractivity contribution in [3.8, 4) is 0 Å². The molecule has 0 amide bonds. The zero-order chi connectivity index (χ0) is 18.6. The Balaban J connectivity index is 1.25. The molecule has 1 N–H and O–H groups in total. The molecule has 2 saturated heterocycles. The van der Waals surface area contributed by atoms with Gasteiger partial charge in [0.15, 0.2) is 5.82 Å². The quantitative estimate of drug-likeness (QED) is 0.807. The van der Waals surface area contributed by atoms with E-state index in [1.807, 2.05) is 18.5 Å². The maximum atomic E-state index is 11.5. The summed E-state index contributed by atoms with van der Waals surface area (Å²) in [6, 6.07) is 2.45. The average Bonchev–Trinajstić information content (AvgIpc) is 2.71. The van der Waals surface area contributed by atoms with Gasteiger partial charge in [-0.25, -0.2) is 19.4 Å². The molecule has 2 fully saturated rings. The van der Waals surface area contributed by atoms with Crippen LogP contribution in [0.2, 0.25) is 0 Å². The Morgan fingerprint density at radius 1 is 1.19 bits per heavy atom. The molecule has 2 unspecified atom stereocenters. The van der Waals surface area contributed by atoms with Crippen molar-refractivity contribution in [1.82, 2.24) is 29.6 Å². The summed E-state index contributed by atoms with van der Waals surface area (Å²) in [7, 11) is 1.60. The summed E-state index contributed by atoms with van der Waals surface area (Å²) in [6.45, 7) is 5.01. The van der Waals surface area contributed by atoms with Gasteiger partial charge < -0.3 is 10.2 Å². The molecule has 2 atom stereocenters. The molecule has 2 aliphatic heterocycles. The molecule has 4 heterocycles. The highest BCUT2D eigenvalue weighted by Crippen LogP contribution is 2.28. The van der Waals surface area contributed by atoms with E-state index in [4.69, 9.17) is 0 Å². The Kier molecular flexibility index (Phi) is 5.28. The van der Waals surface area contributed by atoms with E-state index >= 15 is 0 Å². The maximum Gasteiger partial charge on any atom is 0.365 e. The van der Waals surface area contributed by atoms with Crippen LogP contribution in [0.5, 0.6) is 0 Å². The van der Waals surface area contributed by atoms with Crippen LogP contribution < -0.4 is 15.9 Å². The molecule has 4 rings (SSSR count). The summed E-state index contributed by atoms with van der Waals surface area (Å²) in [5.74, 6) is 2.08. The molecule has 0 aliphatic carbocycles. The summed E-state index contributed by atoms with van der Waals surface area (Å²) in [4.78, 5) is 29.2. The molecule has 2 aromatic heterocycles. The first-order valence-corrected chi connectivity index (χ1v) is 9.59.